The third-order valence-electron chi connectivity index (χ3n) is 2.54. The van der Waals surface area contributed by atoms with Gasteiger partial charge >= 0.3 is 0 Å². The molecule has 102 valence electrons. The molecule has 0 bridgehead atoms. The molecule has 0 aliphatic rings. The molecule has 0 aliphatic carbocycles. The Balaban J connectivity index is 2.18. The Morgan fingerprint density at radius 2 is 2.22 bits per heavy atom. The molecule has 1 aromatic rings. The van der Waals surface area contributed by atoms with Crippen LogP contribution in [0.15, 0.2) is 4.52 Å². The first-order valence-electron chi connectivity index (χ1n) is 6.02. The second-order valence-electron chi connectivity index (χ2n) is 4.02. The Kier molecular flexibility index (Phi) is 6.38. The Morgan fingerprint density at radius 1 is 1.44 bits per heavy atom. The number of ether oxygens (including phenoxy) is 1. The molecule has 18 heavy (non-hydrogen) atoms. The first-order chi connectivity index (χ1) is 8.65. The van der Waals surface area contributed by atoms with Crippen LogP contribution in [-0.2, 0) is 16.0 Å². The maximum absolute atomic E-state index is 11.6. The number of aliphatic hydroxyl groups is 1. The van der Waals surface area contributed by atoms with E-state index in [0.717, 1.165) is 17.7 Å². The van der Waals surface area contributed by atoms with E-state index in [-0.39, 0.29) is 12.5 Å². The molecule has 6 heteroatoms. The average Bonchev–Trinajstić information content (AvgIpc) is 2.65. The fourth-order valence-electron chi connectivity index (χ4n) is 1.55. The van der Waals surface area contributed by atoms with Crippen LogP contribution in [0.5, 0.6) is 0 Å². The summed E-state index contributed by atoms with van der Waals surface area (Å²) in [5.74, 6) is 0.639. The third-order valence-corrected chi connectivity index (χ3v) is 2.54. The molecule has 0 saturated heterocycles. The molecule has 0 radical (unpaired) electrons. The lowest BCUT2D eigenvalue weighted by molar-refractivity contribution is -0.120. The Bertz CT molecular complexity index is 357. The van der Waals surface area contributed by atoms with Gasteiger partial charge in [0.2, 0.25) is 5.91 Å². The SMILES string of the molecule is Cc1noc(C)c1CC(=O)NCCCOCCO. The predicted molar refractivity (Wildman–Crippen MR) is 65.2 cm³/mol. The molecule has 1 aromatic heterocycles. The number of nitrogens with zero attached hydrogens (tertiary/aromatic N) is 1. The number of nitrogens with one attached hydrogen (secondary N) is 1. The highest BCUT2D eigenvalue weighted by molar-refractivity contribution is 5.78. The van der Waals surface area contributed by atoms with Crippen LogP contribution in [0.25, 0.3) is 0 Å². The average molecular weight is 256 g/mol. The van der Waals surface area contributed by atoms with E-state index in [1.54, 1.807) is 6.92 Å². The lowest BCUT2D eigenvalue weighted by atomic mass is 10.1. The number of aromatic nitrogens is 1. The van der Waals surface area contributed by atoms with Gasteiger partial charge in [-0.3, -0.25) is 4.79 Å². The van der Waals surface area contributed by atoms with Crippen molar-refractivity contribution in [3.05, 3.63) is 17.0 Å². The van der Waals surface area contributed by atoms with E-state index >= 15 is 0 Å². The van der Waals surface area contributed by atoms with Crippen LogP contribution in [0.2, 0.25) is 0 Å². The molecule has 1 amide bonds. The van der Waals surface area contributed by atoms with E-state index in [9.17, 15) is 4.79 Å². The van der Waals surface area contributed by atoms with E-state index in [1.807, 2.05) is 6.92 Å². The van der Waals surface area contributed by atoms with Gasteiger partial charge in [-0.1, -0.05) is 5.16 Å². The lowest BCUT2D eigenvalue weighted by Gasteiger charge is -2.05. The predicted octanol–water partition coefficient (Wildman–Crippen LogP) is 0.349. The maximum atomic E-state index is 11.6. The van der Waals surface area contributed by atoms with Crippen molar-refractivity contribution < 1.29 is 19.2 Å². The molecule has 0 spiro atoms. The monoisotopic (exact) mass is 256 g/mol. The van der Waals surface area contributed by atoms with Crippen molar-refractivity contribution in [1.29, 1.82) is 0 Å². The highest BCUT2D eigenvalue weighted by atomic mass is 16.5. The van der Waals surface area contributed by atoms with E-state index < -0.39 is 0 Å². The van der Waals surface area contributed by atoms with Gasteiger partial charge in [0.05, 0.1) is 25.3 Å². The quantitative estimate of drug-likeness (QED) is 0.656. The van der Waals surface area contributed by atoms with E-state index in [0.29, 0.717) is 31.9 Å². The summed E-state index contributed by atoms with van der Waals surface area (Å²) in [5.41, 5.74) is 1.61. The number of rotatable bonds is 8. The summed E-state index contributed by atoms with van der Waals surface area (Å²) in [7, 11) is 0. The van der Waals surface area contributed by atoms with Gasteiger partial charge in [-0.05, 0) is 20.3 Å². The molecule has 2 N–H and O–H groups in total. The zero-order valence-electron chi connectivity index (χ0n) is 10.9. The van der Waals surface area contributed by atoms with Crippen LogP contribution in [0.1, 0.15) is 23.4 Å². The van der Waals surface area contributed by atoms with Crippen LogP contribution in [0, 0.1) is 13.8 Å². The first kappa shape index (κ1) is 14.7. The fraction of sp³-hybridized carbons (Fsp3) is 0.667. The fourth-order valence-corrected chi connectivity index (χ4v) is 1.55. The highest BCUT2D eigenvalue weighted by Crippen LogP contribution is 2.12. The van der Waals surface area contributed by atoms with Crippen molar-refractivity contribution in [2.45, 2.75) is 26.7 Å². The summed E-state index contributed by atoms with van der Waals surface area (Å²) < 4.78 is 10.1. The summed E-state index contributed by atoms with van der Waals surface area (Å²) in [6, 6.07) is 0. The summed E-state index contributed by atoms with van der Waals surface area (Å²) >= 11 is 0. The summed E-state index contributed by atoms with van der Waals surface area (Å²) in [6.07, 6.45) is 1.02. The zero-order chi connectivity index (χ0) is 13.4. The van der Waals surface area contributed by atoms with Crippen LogP contribution in [-0.4, -0.2) is 42.5 Å². The lowest BCUT2D eigenvalue weighted by Crippen LogP contribution is -2.27. The van der Waals surface area contributed by atoms with Crippen molar-refractivity contribution in [1.82, 2.24) is 10.5 Å². The van der Waals surface area contributed by atoms with Crippen molar-refractivity contribution in [3.8, 4) is 0 Å². The molecular formula is C12H20N2O4. The van der Waals surface area contributed by atoms with Gasteiger partial charge in [0.15, 0.2) is 0 Å². The standard InChI is InChI=1S/C12H20N2O4/c1-9-11(10(2)18-14-9)8-12(16)13-4-3-6-17-7-5-15/h15H,3-8H2,1-2H3,(H,13,16). The summed E-state index contributed by atoms with van der Waals surface area (Å²) in [6.45, 7) is 5.08. The highest BCUT2D eigenvalue weighted by Gasteiger charge is 2.12. The van der Waals surface area contributed by atoms with E-state index in [1.165, 1.54) is 0 Å². The normalized spacial score (nSPS) is 10.6. The Labute approximate surface area is 106 Å². The summed E-state index contributed by atoms with van der Waals surface area (Å²) in [4.78, 5) is 11.6. The van der Waals surface area contributed by atoms with Crippen molar-refractivity contribution in [3.63, 3.8) is 0 Å². The molecule has 0 saturated carbocycles. The van der Waals surface area contributed by atoms with Crippen molar-refractivity contribution >= 4 is 5.91 Å². The van der Waals surface area contributed by atoms with E-state index in [2.05, 4.69) is 10.5 Å². The molecule has 0 fully saturated rings. The van der Waals surface area contributed by atoms with Crippen LogP contribution >= 0.6 is 0 Å². The van der Waals surface area contributed by atoms with Gasteiger partial charge in [0.1, 0.15) is 5.76 Å². The van der Waals surface area contributed by atoms with Gasteiger partial charge in [0, 0.05) is 18.7 Å². The number of aryl methyl sites for hydroxylation is 2. The number of aliphatic hydroxyl groups excluding tert-OH is 1. The smallest absolute Gasteiger partial charge is 0.224 e. The van der Waals surface area contributed by atoms with Crippen molar-refractivity contribution in [2.75, 3.05) is 26.4 Å². The van der Waals surface area contributed by atoms with Crippen LogP contribution < -0.4 is 5.32 Å². The largest absolute Gasteiger partial charge is 0.394 e. The minimum absolute atomic E-state index is 0.0262. The number of hydrogen-bond donors (Lipinski definition) is 2. The maximum Gasteiger partial charge on any atom is 0.224 e. The van der Waals surface area contributed by atoms with Crippen LogP contribution in [0.4, 0.5) is 0 Å². The first-order valence-corrected chi connectivity index (χ1v) is 6.02. The van der Waals surface area contributed by atoms with Gasteiger partial charge in [0.25, 0.3) is 0 Å². The molecule has 0 unspecified atom stereocenters. The molecular weight excluding hydrogens is 236 g/mol. The minimum Gasteiger partial charge on any atom is -0.394 e. The van der Waals surface area contributed by atoms with E-state index in [4.69, 9.17) is 14.4 Å². The molecule has 0 aliphatic heterocycles. The molecule has 1 rings (SSSR count). The zero-order valence-corrected chi connectivity index (χ0v) is 10.9. The van der Waals surface area contributed by atoms with Gasteiger partial charge < -0.3 is 19.7 Å². The topological polar surface area (TPSA) is 84.6 Å². The third kappa shape index (κ3) is 4.85. The van der Waals surface area contributed by atoms with Gasteiger partial charge in [-0.2, -0.15) is 0 Å². The van der Waals surface area contributed by atoms with Crippen LogP contribution in [0.3, 0.4) is 0 Å². The number of hydrogen-bond acceptors (Lipinski definition) is 5. The summed E-state index contributed by atoms with van der Waals surface area (Å²) in [5, 5.41) is 15.1. The Hall–Kier alpha value is -1.40. The number of carbonyl (C=O) groups excluding carboxylic acids is 1. The molecule has 0 aromatic carbocycles. The van der Waals surface area contributed by atoms with Crippen molar-refractivity contribution in [2.24, 2.45) is 0 Å². The number of carbonyl (C=O) groups is 1. The number of amides is 1. The second kappa shape index (κ2) is 7.84. The molecule has 1 heterocycles. The van der Waals surface area contributed by atoms with Gasteiger partial charge in [-0.15, -0.1) is 0 Å². The molecule has 6 nitrogen and oxygen atoms in total. The molecule has 0 atom stereocenters. The second-order valence-corrected chi connectivity index (χ2v) is 4.02. The minimum atomic E-state index is -0.0495. The van der Waals surface area contributed by atoms with Gasteiger partial charge in [-0.25, -0.2) is 0 Å². The Morgan fingerprint density at radius 3 is 2.83 bits per heavy atom.